The second kappa shape index (κ2) is 9.93. The standard InChI is InChI=1S/C17H23N.C3H7NO2/c1-4-5-6-7-14-8-9-16-13-17(18(2)3)11-10-15(16)12-14;1-2(4)3(5)6/h8-13H,4-7H2,1-3H3;2H,4H2,1H3,(H,5,6)/t;2-/m.0/s1. The lowest BCUT2D eigenvalue weighted by atomic mass is 10.0. The van der Waals surface area contributed by atoms with Gasteiger partial charge >= 0.3 is 5.97 Å². The van der Waals surface area contributed by atoms with Crippen molar-refractivity contribution in [1.82, 2.24) is 0 Å². The van der Waals surface area contributed by atoms with Crippen molar-refractivity contribution < 1.29 is 9.90 Å². The van der Waals surface area contributed by atoms with Crippen molar-refractivity contribution in [3.05, 3.63) is 42.0 Å². The van der Waals surface area contributed by atoms with Crippen LogP contribution in [0.25, 0.3) is 10.8 Å². The third-order valence-electron chi connectivity index (χ3n) is 3.86. The molecule has 0 saturated heterocycles. The average Bonchev–Trinajstić information content (AvgIpc) is 2.55. The number of hydrogen-bond acceptors (Lipinski definition) is 3. The molecule has 4 heteroatoms. The van der Waals surface area contributed by atoms with E-state index in [4.69, 9.17) is 10.8 Å². The number of carbonyl (C=O) groups is 1. The van der Waals surface area contributed by atoms with Gasteiger partial charge in [-0.25, -0.2) is 0 Å². The van der Waals surface area contributed by atoms with E-state index in [1.807, 2.05) is 0 Å². The van der Waals surface area contributed by atoms with Crippen molar-refractivity contribution in [2.24, 2.45) is 5.73 Å². The minimum Gasteiger partial charge on any atom is -0.480 e. The first kappa shape index (κ1) is 20.0. The number of aryl methyl sites for hydroxylation is 1. The minimum absolute atomic E-state index is 0.731. The quantitative estimate of drug-likeness (QED) is 0.784. The third kappa shape index (κ3) is 6.59. The topological polar surface area (TPSA) is 66.6 Å². The molecule has 0 aliphatic rings. The number of unbranched alkanes of at least 4 members (excludes halogenated alkanes) is 2. The van der Waals surface area contributed by atoms with Crippen LogP contribution < -0.4 is 10.6 Å². The van der Waals surface area contributed by atoms with Gasteiger partial charge in [0.2, 0.25) is 0 Å². The predicted octanol–water partition coefficient (Wildman–Crippen LogP) is 4.06. The van der Waals surface area contributed by atoms with Crippen molar-refractivity contribution in [1.29, 1.82) is 0 Å². The van der Waals surface area contributed by atoms with Crippen LogP contribution in [0.5, 0.6) is 0 Å². The number of fused-ring (bicyclic) bond motifs is 1. The zero-order valence-corrected chi connectivity index (χ0v) is 15.2. The Bertz CT molecular complexity index is 651. The Morgan fingerprint density at radius 1 is 1.12 bits per heavy atom. The number of nitrogens with zero attached hydrogens (tertiary/aromatic N) is 1. The van der Waals surface area contributed by atoms with Gasteiger partial charge in [-0.05, 0) is 48.2 Å². The first-order chi connectivity index (χ1) is 11.3. The maximum absolute atomic E-state index is 9.57. The zero-order valence-electron chi connectivity index (χ0n) is 15.2. The van der Waals surface area contributed by atoms with Crippen LogP contribution in [0.3, 0.4) is 0 Å². The number of rotatable bonds is 6. The van der Waals surface area contributed by atoms with Gasteiger partial charge in [0.15, 0.2) is 0 Å². The maximum Gasteiger partial charge on any atom is 0.320 e. The van der Waals surface area contributed by atoms with Crippen LogP contribution >= 0.6 is 0 Å². The Morgan fingerprint density at radius 3 is 2.25 bits per heavy atom. The fraction of sp³-hybridized carbons (Fsp3) is 0.450. The molecule has 0 fully saturated rings. The highest BCUT2D eigenvalue weighted by molar-refractivity contribution is 5.86. The number of carboxylic acids is 1. The van der Waals surface area contributed by atoms with Gasteiger partial charge in [0, 0.05) is 19.8 Å². The SMILES string of the molecule is CCCCCc1ccc2cc(N(C)C)ccc2c1.C[C@H](N)C(=O)O. The van der Waals surface area contributed by atoms with Crippen LogP contribution in [0, 0.1) is 0 Å². The van der Waals surface area contributed by atoms with E-state index < -0.39 is 12.0 Å². The van der Waals surface area contributed by atoms with Crippen LogP contribution in [-0.4, -0.2) is 31.2 Å². The monoisotopic (exact) mass is 330 g/mol. The van der Waals surface area contributed by atoms with Crippen LogP contribution in [0.4, 0.5) is 5.69 Å². The molecule has 1 atom stereocenters. The van der Waals surface area contributed by atoms with Gasteiger partial charge in [-0.3, -0.25) is 4.79 Å². The van der Waals surface area contributed by atoms with E-state index in [0.717, 1.165) is 0 Å². The van der Waals surface area contributed by atoms with Crippen molar-refractivity contribution in [3.8, 4) is 0 Å². The summed E-state index contributed by atoms with van der Waals surface area (Å²) in [7, 11) is 4.17. The highest BCUT2D eigenvalue weighted by Gasteiger charge is 2.00. The highest BCUT2D eigenvalue weighted by Crippen LogP contribution is 2.22. The lowest BCUT2D eigenvalue weighted by Gasteiger charge is -2.13. The van der Waals surface area contributed by atoms with Crippen LogP contribution in [0.1, 0.15) is 38.7 Å². The molecule has 0 aliphatic heterocycles. The number of anilines is 1. The fourth-order valence-electron chi connectivity index (χ4n) is 2.30. The lowest BCUT2D eigenvalue weighted by molar-refractivity contribution is -0.138. The van der Waals surface area contributed by atoms with Crippen LogP contribution in [0.15, 0.2) is 36.4 Å². The fourth-order valence-corrected chi connectivity index (χ4v) is 2.30. The number of carboxylic acid groups (broad SMARTS) is 1. The first-order valence-corrected chi connectivity index (χ1v) is 8.53. The zero-order chi connectivity index (χ0) is 18.1. The Kier molecular flexibility index (Phi) is 8.27. The summed E-state index contributed by atoms with van der Waals surface area (Å²) in [6.45, 7) is 3.67. The molecule has 132 valence electrons. The minimum atomic E-state index is -0.963. The lowest BCUT2D eigenvalue weighted by Crippen LogP contribution is -2.25. The molecule has 0 saturated carbocycles. The molecule has 0 heterocycles. The average molecular weight is 330 g/mol. The van der Waals surface area contributed by atoms with Gasteiger partial charge in [-0.2, -0.15) is 0 Å². The molecule has 0 unspecified atom stereocenters. The predicted molar refractivity (Wildman–Crippen MR) is 103 cm³/mol. The smallest absolute Gasteiger partial charge is 0.320 e. The Morgan fingerprint density at radius 2 is 1.71 bits per heavy atom. The Hall–Kier alpha value is -2.07. The molecule has 0 amide bonds. The summed E-state index contributed by atoms with van der Waals surface area (Å²) in [5, 5.41) is 10.6. The van der Waals surface area contributed by atoms with Gasteiger partial charge in [0.05, 0.1) is 0 Å². The summed E-state index contributed by atoms with van der Waals surface area (Å²) in [6, 6.07) is 12.8. The summed E-state index contributed by atoms with van der Waals surface area (Å²) in [5.74, 6) is -0.963. The molecule has 3 N–H and O–H groups in total. The van der Waals surface area contributed by atoms with E-state index in [0.29, 0.717) is 0 Å². The molecule has 0 aromatic heterocycles. The molecule has 0 bridgehead atoms. The van der Waals surface area contributed by atoms with Gasteiger partial charge in [0.25, 0.3) is 0 Å². The molecular weight excluding hydrogens is 300 g/mol. The van der Waals surface area contributed by atoms with Crippen molar-refractivity contribution in [3.63, 3.8) is 0 Å². The second-order valence-electron chi connectivity index (χ2n) is 6.34. The number of nitrogens with two attached hydrogens (primary N) is 1. The summed E-state index contributed by atoms with van der Waals surface area (Å²) >= 11 is 0. The highest BCUT2D eigenvalue weighted by atomic mass is 16.4. The van der Waals surface area contributed by atoms with E-state index in [1.165, 1.54) is 54.6 Å². The molecular formula is C20H30N2O2. The summed E-state index contributed by atoms with van der Waals surface area (Å²) in [4.78, 5) is 11.7. The molecule has 0 spiro atoms. The molecule has 4 nitrogen and oxygen atoms in total. The molecule has 0 radical (unpaired) electrons. The molecule has 2 rings (SSSR count). The van der Waals surface area contributed by atoms with Crippen molar-refractivity contribution in [2.75, 3.05) is 19.0 Å². The maximum atomic E-state index is 9.57. The van der Waals surface area contributed by atoms with E-state index in [-0.39, 0.29) is 0 Å². The van der Waals surface area contributed by atoms with Gasteiger partial charge in [0.1, 0.15) is 6.04 Å². The molecule has 2 aromatic rings. The van der Waals surface area contributed by atoms with E-state index in [9.17, 15) is 4.79 Å². The Balaban J connectivity index is 0.000000413. The third-order valence-corrected chi connectivity index (χ3v) is 3.86. The second-order valence-corrected chi connectivity index (χ2v) is 6.34. The summed E-state index contributed by atoms with van der Waals surface area (Å²) in [6.07, 6.45) is 5.13. The number of benzene rings is 2. The van der Waals surface area contributed by atoms with E-state index in [1.54, 1.807) is 0 Å². The van der Waals surface area contributed by atoms with Crippen molar-refractivity contribution >= 4 is 22.4 Å². The molecule has 2 aromatic carbocycles. The molecule has 24 heavy (non-hydrogen) atoms. The number of hydrogen-bond donors (Lipinski definition) is 2. The number of aliphatic carboxylic acids is 1. The Labute approximate surface area is 145 Å². The molecule has 0 aliphatic carbocycles. The van der Waals surface area contributed by atoms with E-state index in [2.05, 4.69) is 62.3 Å². The summed E-state index contributed by atoms with van der Waals surface area (Å²) < 4.78 is 0. The van der Waals surface area contributed by atoms with E-state index >= 15 is 0 Å². The first-order valence-electron chi connectivity index (χ1n) is 8.53. The van der Waals surface area contributed by atoms with Gasteiger partial charge in [-0.15, -0.1) is 0 Å². The summed E-state index contributed by atoms with van der Waals surface area (Å²) in [5.41, 5.74) is 7.57. The van der Waals surface area contributed by atoms with Crippen LogP contribution in [0.2, 0.25) is 0 Å². The van der Waals surface area contributed by atoms with Crippen molar-refractivity contribution in [2.45, 2.75) is 45.6 Å². The largest absolute Gasteiger partial charge is 0.480 e. The van der Waals surface area contributed by atoms with Crippen LogP contribution in [-0.2, 0) is 11.2 Å². The van der Waals surface area contributed by atoms with Gasteiger partial charge in [-0.1, -0.05) is 44.0 Å². The van der Waals surface area contributed by atoms with Gasteiger partial charge < -0.3 is 15.7 Å². The normalized spacial score (nSPS) is 11.5.